The molecule has 0 unspecified atom stereocenters. The fourth-order valence-corrected chi connectivity index (χ4v) is 3.02. The Kier molecular flexibility index (Phi) is 5.65. The normalized spacial score (nSPS) is 11.8. The van der Waals surface area contributed by atoms with Gasteiger partial charge < -0.3 is 9.47 Å². The second kappa shape index (κ2) is 7.98. The molecule has 3 rings (SSSR count). The van der Waals surface area contributed by atoms with Crippen LogP contribution in [0, 0.1) is 4.77 Å². The second-order valence-electron chi connectivity index (χ2n) is 7.32. The number of ether oxygens (including phenoxy) is 2. The maximum Gasteiger partial charge on any atom is 0.216 e. The monoisotopic (exact) mass is 396 g/mol. The SMILES string of the molecule is COc1cccc(C=Nn2c(-c3ccc(C(C)(C)C)cc3)n[nH]c2=S)c1OC. The largest absolute Gasteiger partial charge is 0.493 e. The van der Waals surface area contributed by atoms with Gasteiger partial charge in [0.25, 0.3) is 0 Å². The predicted octanol–water partition coefficient (Wildman–Crippen LogP) is 4.80. The van der Waals surface area contributed by atoms with E-state index in [9.17, 15) is 0 Å². The summed E-state index contributed by atoms with van der Waals surface area (Å²) in [7, 11) is 3.20. The summed E-state index contributed by atoms with van der Waals surface area (Å²) < 4.78 is 12.8. The molecule has 146 valence electrons. The molecule has 1 aromatic heterocycles. The van der Waals surface area contributed by atoms with E-state index in [-0.39, 0.29) is 5.41 Å². The van der Waals surface area contributed by atoms with Crippen molar-refractivity contribution in [3.05, 3.63) is 58.4 Å². The minimum atomic E-state index is 0.0876. The lowest BCUT2D eigenvalue weighted by molar-refractivity contribution is 0.354. The molecule has 0 saturated carbocycles. The highest BCUT2D eigenvalue weighted by Gasteiger charge is 2.15. The average molecular weight is 397 g/mol. The van der Waals surface area contributed by atoms with Gasteiger partial charge in [-0.2, -0.15) is 14.9 Å². The lowest BCUT2D eigenvalue weighted by Crippen LogP contribution is -2.10. The summed E-state index contributed by atoms with van der Waals surface area (Å²) in [6.07, 6.45) is 1.68. The fourth-order valence-electron chi connectivity index (χ4n) is 2.84. The van der Waals surface area contributed by atoms with Crippen LogP contribution in [-0.2, 0) is 5.41 Å². The molecule has 7 heteroatoms. The Morgan fingerprint density at radius 3 is 2.39 bits per heavy atom. The van der Waals surface area contributed by atoms with Gasteiger partial charge in [-0.25, -0.2) is 5.10 Å². The van der Waals surface area contributed by atoms with Gasteiger partial charge in [0.05, 0.1) is 20.4 Å². The van der Waals surface area contributed by atoms with E-state index in [4.69, 9.17) is 21.7 Å². The molecule has 0 amide bonds. The van der Waals surface area contributed by atoms with Crippen molar-refractivity contribution >= 4 is 18.4 Å². The van der Waals surface area contributed by atoms with E-state index >= 15 is 0 Å². The molecule has 3 aromatic rings. The van der Waals surface area contributed by atoms with Crippen molar-refractivity contribution in [1.29, 1.82) is 0 Å². The highest BCUT2D eigenvalue weighted by Crippen LogP contribution is 2.30. The first kappa shape index (κ1) is 19.8. The van der Waals surface area contributed by atoms with E-state index in [1.807, 2.05) is 30.3 Å². The van der Waals surface area contributed by atoms with Gasteiger partial charge in [0.2, 0.25) is 4.77 Å². The summed E-state index contributed by atoms with van der Waals surface area (Å²) in [6.45, 7) is 6.55. The number of nitrogens with one attached hydrogen (secondary N) is 1. The van der Waals surface area contributed by atoms with Gasteiger partial charge >= 0.3 is 0 Å². The van der Waals surface area contributed by atoms with Crippen LogP contribution >= 0.6 is 12.2 Å². The number of hydrogen-bond donors (Lipinski definition) is 1. The third kappa shape index (κ3) is 3.99. The van der Waals surface area contributed by atoms with Crippen LogP contribution in [0.2, 0.25) is 0 Å². The maximum atomic E-state index is 5.45. The Hall–Kier alpha value is -2.93. The first-order valence-electron chi connectivity index (χ1n) is 8.89. The van der Waals surface area contributed by atoms with Crippen molar-refractivity contribution in [3.63, 3.8) is 0 Å². The Labute approximate surface area is 169 Å². The third-order valence-corrected chi connectivity index (χ3v) is 4.67. The van der Waals surface area contributed by atoms with Gasteiger partial charge in [-0.05, 0) is 35.3 Å². The fraction of sp³-hybridized carbons (Fsp3) is 0.286. The number of H-pyrrole nitrogens is 1. The Morgan fingerprint density at radius 1 is 1.07 bits per heavy atom. The lowest BCUT2D eigenvalue weighted by atomic mass is 9.87. The first-order chi connectivity index (χ1) is 13.3. The molecule has 0 radical (unpaired) electrons. The van der Waals surface area contributed by atoms with Gasteiger partial charge in [0.1, 0.15) is 0 Å². The Balaban J connectivity index is 1.99. The molecule has 6 nitrogen and oxygen atoms in total. The van der Waals surface area contributed by atoms with Crippen molar-refractivity contribution in [2.75, 3.05) is 14.2 Å². The van der Waals surface area contributed by atoms with Crippen LogP contribution in [0.1, 0.15) is 31.9 Å². The van der Waals surface area contributed by atoms with Gasteiger partial charge in [0.15, 0.2) is 17.3 Å². The maximum absolute atomic E-state index is 5.45. The summed E-state index contributed by atoms with van der Waals surface area (Å²) in [4.78, 5) is 0. The topological polar surface area (TPSA) is 64.4 Å². The summed E-state index contributed by atoms with van der Waals surface area (Å²) in [5, 5.41) is 11.7. The molecule has 0 fully saturated rings. The van der Waals surface area contributed by atoms with Crippen LogP contribution < -0.4 is 9.47 Å². The zero-order valence-electron chi connectivity index (χ0n) is 16.7. The molecule has 2 aromatic carbocycles. The number of hydrogen-bond acceptors (Lipinski definition) is 5. The number of rotatable bonds is 5. The van der Waals surface area contributed by atoms with E-state index < -0.39 is 0 Å². The van der Waals surface area contributed by atoms with Crippen LogP contribution in [0.5, 0.6) is 11.5 Å². The number of benzene rings is 2. The second-order valence-corrected chi connectivity index (χ2v) is 7.71. The number of aromatic nitrogens is 3. The molecule has 1 heterocycles. The van der Waals surface area contributed by atoms with Gasteiger partial charge in [0, 0.05) is 11.1 Å². The third-order valence-electron chi connectivity index (χ3n) is 4.41. The summed E-state index contributed by atoms with van der Waals surface area (Å²) in [5.74, 6) is 1.89. The van der Waals surface area contributed by atoms with E-state index in [1.54, 1.807) is 25.1 Å². The molecule has 0 saturated heterocycles. The molecule has 0 aliphatic rings. The van der Waals surface area contributed by atoms with Crippen LogP contribution in [0.3, 0.4) is 0 Å². The Morgan fingerprint density at radius 2 is 1.79 bits per heavy atom. The molecule has 0 spiro atoms. The minimum absolute atomic E-state index is 0.0876. The van der Waals surface area contributed by atoms with Crippen molar-refractivity contribution in [1.82, 2.24) is 14.9 Å². The number of nitrogens with zero attached hydrogens (tertiary/aromatic N) is 3. The molecule has 0 bridgehead atoms. The van der Waals surface area contributed by atoms with Crippen molar-refractivity contribution in [2.45, 2.75) is 26.2 Å². The molecule has 0 aliphatic carbocycles. The Bertz CT molecular complexity index is 1040. The van der Waals surface area contributed by atoms with Crippen molar-refractivity contribution in [2.24, 2.45) is 5.10 Å². The standard InChI is InChI=1S/C21H24N4O2S/c1-21(2,3)16-11-9-14(10-12-16)19-23-24-20(28)25(19)22-13-15-7-6-8-17(26-4)18(15)27-5/h6-13H,1-5H3,(H,24,28). The summed E-state index contributed by atoms with van der Waals surface area (Å²) in [6, 6.07) is 13.9. The van der Waals surface area contributed by atoms with Gasteiger partial charge in [-0.1, -0.05) is 51.1 Å². The van der Waals surface area contributed by atoms with E-state index in [0.29, 0.717) is 22.1 Å². The zero-order valence-corrected chi connectivity index (χ0v) is 17.5. The van der Waals surface area contributed by atoms with E-state index in [0.717, 1.165) is 11.1 Å². The van der Waals surface area contributed by atoms with Crippen LogP contribution in [-0.4, -0.2) is 35.3 Å². The number of aromatic amines is 1. The van der Waals surface area contributed by atoms with Gasteiger partial charge in [-0.15, -0.1) is 0 Å². The van der Waals surface area contributed by atoms with Crippen LogP contribution in [0.4, 0.5) is 0 Å². The first-order valence-corrected chi connectivity index (χ1v) is 9.29. The van der Waals surface area contributed by atoms with Crippen molar-refractivity contribution in [3.8, 4) is 22.9 Å². The predicted molar refractivity (Wildman–Crippen MR) is 114 cm³/mol. The molecule has 0 aliphatic heterocycles. The quantitative estimate of drug-likeness (QED) is 0.497. The molecular formula is C21H24N4O2S. The average Bonchev–Trinajstić information content (AvgIpc) is 3.05. The smallest absolute Gasteiger partial charge is 0.216 e. The van der Waals surface area contributed by atoms with Gasteiger partial charge in [-0.3, -0.25) is 0 Å². The highest BCUT2D eigenvalue weighted by molar-refractivity contribution is 7.71. The lowest BCUT2D eigenvalue weighted by Gasteiger charge is -2.18. The van der Waals surface area contributed by atoms with E-state index in [1.165, 1.54) is 5.56 Å². The van der Waals surface area contributed by atoms with E-state index in [2.05, 4.69) is 48.2 Å². The number of methoxy groups -OCH3 is 2. The van der Waals surface area contributed by atoms with Crippen LogP contribution in [0.15, 0.2) is 47.6 Å². The molecule has 28 heavy (non-hydrogen) atoms. The summed E-state index contributed by atoms with van der Waals surface area (Å²) >= 11 is 5.36. The summed E-state index contributed by atoms with van der Waals surface area (Å²) in [5.41, 5.74) is 3.04. The highest BCUT2D eigenvalue weighted by atomic mass is 32.1. The molecular weight excluding hydrogens is 372 g/mol. The number of para-hydroxylation sites is 1. The molecule has 1 N–H and O–H groups in total. The van der Waals surface area contributed by atoms with Crippen molar-refractivity contribution < 1.29 is 9.47 Å². The minimum Gasteiger partial charge on any atom is -0.493 e. The van der Waals surface area contributed by atoms with Crippen LogP contribution in [0.25, 0.3) is 11.4 Å². The zero-order chi connectivity index (χ0) is 20.3. The molecule has 0 atom stereocenters.